The maximum absolute atomic E-state index is 4.27. The molecule has 2 fully saturated rings. The molecule has 106 valence electrons. The fourth-order valence-corrected chi connectivity index (χ4v) is 4.20. The fourth-order valence-electron chi connectivity index (χ4n) is 2.93. The highest BCUT2D eigenvalue weighted by Crippen LogP contribution is 2.28. The van der Waals surface area contributed by atoms with Crippen molar-refractivity contribution in [3.05, 3.63) is 30.1 Å². The van der Waals surface area contributed by atoms with E-state index in [1.807, 2.05) is 18.5 Å². The predicted octanol–water partition coefficient (Wildman–Crippen LogP) is 2.20. The third-order valence-electron chi connectivity index (χ3n) is 3.94. The zero-order valence-electron chi connectivity index (χ0n) is 11.1. The average Bonchev–Trinajstić information content (AvgIpc) is 2.93. The predicted molar refractivity (Wildman–Crippen MR) is 84.1 cm³/mol. The summed E-state index contributed by atoms with van der Waals surface area (Å²) >= 11 is 2.11. The van der Waals surface area contributed by atoms with Gasteiger partial charge in [-0.15, -0.1) is 12.4 Å². The van der Waals surface area contributed by atoms with Crippen molar-refractivity contribution in [2.24, 2.45) is 5.92 Å². The van der Waals surface area contributed by atoms with E-state index < -0.39 is 0 Å². The van der Waals surface area contributed by atoms with Gasteiger partial charge in [0.15, 0.2) is 0 Å². The molecule has 0 saturated carbocycles. The Hall–Kier alpha value is -0.290. The summed E-state index contributed by atoms with van der Waals surface area (Å²) in [6, 6.07) is 4.77. The smallest absolute Gasteiger partial charge is 0.0488 e. The molecule has 1 aromatic rings. The molecule has 0 radical (unpaired) electrons. The van der Waals surface area contributed by atoms with Crippen molar-refractivity contribution in [1.29, 1.82) is 0 Å². The second kappa shape index (κ2) is 7.48. The zero-order valence-corrected chi connectivity index (χ0v) is 12.8. The summed E-state index contributed by atoms with van der Waals surface area (Å²) in [5.41, 5.74) is 1.36. The van der Waals surface area contributed by atoms with E-state index >= 15 is 0 Å². The Morgan fingerprint density at radius 1 is 1.47 bits per heavy atom. The van der Waals surface area contributed by atoms with Gasteiger partial charge in [0.2, 0.25) is 0 Å². The van der Waals surface area contributed by atoms with Crippen molar-refractivity contribution in [2.45, 2.75) is 12.5 Å². The molecule has 0 amide bonds. The van der Waals surface area contributed by atoms with Crippen LogP contribution in [0.15, 0.2) is 24.5 Å². The molecular weight excluding hydrogens is 278 g/mol. The lowest BCUT2D eigenvalue weighted by Crippen LogP contribution is -2.47. The summed E-state index contributed by atoms with van der Waals surface area (Å²) in [5, 5.41) is 3.51. The Morgan fingerprint density at radius 2 is 2.42 bits per heavy atom. The normalized spacial score (nSPS) is 28.0. The highest BCUT2D eigenvalue weighted by Gasteiger charge is 2.27. The van der Waals surface area contributed by atoms with Crippen LogP contribution < -0.4 is 5.32 Å². The molecule has 2 aliphatic heterocycles. The number of hydrogen-bond acceptors (Lipinski definition) is 4. The van der Waals surface area contributed by atoms with Crippen LogP contribution >= 0.6 is 24.2 Å². The van der Waals surface area contributed by atoms with E-state index in [2.05, 4.69) is 33.0 Å². The second-order valence-electron chi connectivity index (χ2n) is 5.23. The SMILES string of the molecule is Cl.c1cncc(C2CNCCN2CC2CCSC2)c1. The van der Waals surface area contributed by atoms with Gasteiger partial charge >= 0.3 is 0 Å². The largest absolute Gasteiger partial charge is 0.314 e. The molecule has 0 aromatic carbocycles. The first-order chi connectivity index (χ1) is 8.93. The number of thioether (sulfide) groups is 1. The number of piperazine rings is 1. The van der Waals surface area contributed by atoms with E-state index in [9.17, 15) is 0 Å². The number of pyridine rings is 1. The number of nitrogens with one attached hydrogen (secondary N) is 1. The number of aromatic nitrogens is 1. The average molecular weight is 300 g/mol. The number of rotatable bonds is 3. The van der Waals surface area contributed by atoms with Crippen LogP contribution in [0.2, 0.25) is 0 Å². The first-order valence-electron chi connectivity index (χ1n) is 6.86. The van der Waals surface area contributed by atoms with Crippen molar-refractivity contribution in [1.82, 2.24) is 15.2 Å². The van der Waals surface area contributed by atoms with Crippen LogP contribution in [0.5, 0.6) is 0 Å². The van der Waals surface area contributed by atoms with Crippen LogP contribution in [0.25, 0.3) is 0 Å². The number of hydrogen-bond donors (Lipinski definition) is 1. The van der Waals surface area contributed by atoms with Gasteiger partial charge in [0, 0.05) is 44.6 Å². The van der Waals surface area contributed by atoms with Crippen molar-refractivity contribution in [3.8, 4) is 0 Å². The van der Waals surface area contributed by atoms with Crippen molar-refractivity contribution in [3.63, 3.8) is 0 Å². The minimum atomic E-state index is 0. The highest BCUT2D eigenvalue weighted by atomic mass is 35.5. The van der Waals surface area contributed by atoms with Gasteiger partial charge < -0.3 is 5.32 Å². The molecule has 0 spiro atoms. The van der Waals surface area contributed by atoms with Gasteiger partial charge in [0.05, 0.1) is 0 Å². The molecule has 1 aromatic heterocycles. The molecule has 2 unspecified atom stereocenters. The van der Waals surface area contributed by atoms with Gasteiger partial charge in [-0.3, -0.25) is 9.88 Å². The molecule has 2 saturated heterocycles. The number of nitrogens with zero attached hydrogens (tertiary/aromatic N) is 2. The quantitative estimate of drug-likeness (QED) is 0.926. The molecule has 0 aliphatic carbocycles. The van der Waals surface area contributed by atoms with Crippen molar-refractivity contribution >= 4 is 24.2 Å². The van der Waals surface area contributed by atoms with Crippen LogP contribution in [0.4, 0.5) is 0 Å². The van der Waals surface area contributed by atoms with E-state index in [-0.39, 0.29) is 12.4 Å². The van der Waals surface area contributed by atoms with Gasteiger partial charge in [-0.25, -0.2) is 0 Å². The third-order valence-corrected chi connectivity index (χ3v) is 5.17. The maximum atomic E-state index is 4.27. The van der Waals surface area contributed by atoms with Gasteiger partial charge in [-0.2, -0.15) is 11.8 Å². The van der Waals surface area contributed by atoms with E-state index in [0.29, 0.717) is 6.04 Å². The molecular formula is C14H22ClN3S. The standard InChI is InChI=1S/C14H21N3S.ClH/c1-2-13(8-15-4-1)14-9-16-5-6-17(14)10-12-3-7-18-11-12;/h1-2,4,8,12,14,16H,3,5-7,9-11H2;1H. The van der Waals surface area contributed by atoms with Crippen LogP contribution in [0, 0.1) is 5.92 Å². The Balaban J connectivity index is 0.00000133. The molecule has 2 aliphatic rings. The van der Waals surface area contributed by atoms with E-state index in [4.69, 9.17) is 0 Å². The van der Waals surface area contributed by atoms with E-state index in [1.165, 1.54) is 36.6 Å². The van der Waals surface area contributed by atoms with Crippen molar-refractivity contribution < 1.29 is 0 Å². The summed E-state index contributed by atoms with van der Waals surface area (Å²) in [6.07, 6.45) is 5.28. The van der Waals surface area contributed by atoms with Crippen LogP contribution in [0.3, 0.4) is 0 Å². The van der Waals surface area contributed by atoms with Crippen LogP contribution in [-0.4, -0.2) is 47.6 Å². The Kier molecular flexibility index (Phi) is 5.95. The molecule has 3 rings (SSSR count). The lowest BCUT2D eigenvalue weighted by atomic mass is 10.0. The monoisotopic (exact) mass is 299 g/mol. The highest BCUT2D eigenvalue weighted by molar-refractivity contribution is 7.99. The first kappa shape index (κ1) is 15.1. The van der Waals surface area contributed by atoms with Crippen LogP contribution in [0.1, 0.15) is 18.0 Å². The van der Waals surface area contributed by atoms with Crippen molar-refractivity contribution in [2.75, 3.05) is 37.7 Å². The summed E-state index contributed by atoms with van der Waals surface area (Å²) in [5.74, 6) is 3.60. The van der Waals surface area contributed by atoms with Crippen LogP contribution in [-0.2, 0) is 0 Å². The van der Waals surface area contributed by atoms with E-state index in [0.717, 1.165) is 19.0 Å². The van der Waals surface area contributed by atoms with Gasteiger partial charge in [0.1, 0.15) is 0 Å². The lowest BCUT2D eigenvalue weighted by molar-refractivity contribution is 0.142. The topological polar surface area (TPSA) is 28.2 Å². The zero-order chi connectivity index (χ0) is 12.2. The van der Waals surface area contributed by atoms with Gasteiger partial charge in [-0.1, -0.05) is 6.07 Å². The Bertz CT molecular complexity index is 370. The third kappa shape index (κ3) is 3.85. The first-order valence-corrected chi connectivity index (χ1v) is 8.01. The Labute approximate surface area is 126 Å². The lowest BCUT2D eigenvalue weighted by Gasteiger charge is -2.37. The molecule has 3 nitrogen and oxygen atoms in total. The molecule has 2 atom stereocenters. The molecule has 1 N–H and O–H groups in total. The minimum absolute atomic E-state index is 0. The minimum Gasteiger partial charge on any atom is -0.314 e. The number of halogens is 1. The molecule has 19 heavy (non-hydrogen) atoms. The fraction of sp³-hybridized carbons (Fsp3) is 0.643. The van der Waals surface area contributed by atoms with Gasteiger partial charge in [-0.05, 0) is 35.5 Å². The summed E-state index contributed by atoms with van der Waals surface area (Å²) < 4.78 is 0. The summed E-state index contributed by atoms with van der Waals surface area (Å²) in [7, 11) is 0. The molecule has 0 bridgehead atoms. The summed E-state index contributed by atoms with van der Waals surface area (Å²) in [4.78, 5) is 6.92. The summed E-state index contributed by atoms with van der Waals surface area (Å²) in [6.45, 7) is 4.61. The van der Waals surface area contributed by atoms with Gasteiger partial charge in [0.25, 0.3) is 0 Å². The molecule has 5 heteroatoms. The van der Waals surface area contributed by atoms with E-state index in [1.54, 1.807) is 0 Å². The Morgan fingerprint density at radius 3 is 3.16 bits per heavy atom. The maximum Gasteiger partial charge on any atom is 0.0488 e. The molecule has 3 heterocycles. The second-order valence-corrected chi connectivity index (χ2v) is 6.38.